The first-order valence-electron chi connectivity index (χ1n) is 5.82. The van der Waals surface area contributed by atoms with E-state index in [1.165, 1.54) is 29.9 Å². The van der Waals surface area contributed by atoms with E-state index in [2.05, 4.69) is 30.7 Å². The average Bonchev–Trinajstić information content (AvgIpc) is 2.67. The molecule has 2 heterocycles. The van der Waals surface area contributed by atoms with Crippen molar-refractivity contribution < 1.29 is 0 Å². The second-order valence-electron chi connectivity index (χ2n) is 4.62. The Morgan fingerprint density at radius 2 is 2.25 bits per heavy atom. The van der Waals surface area contributed by atoms with Crippen molar-refractivity contribution in [3.05, 3.63) is 21.7 Å². The van der Waals surface area contributed by atoms with Crippen LogP contribution < -0.4 is 0 Å². The zero-order chi connectivity index (χ0) is 11.7. The summed E-state index contributed by atoms with van der Waals surface area (Å²) in [6.07, 6.45) is 2.52. The molecule has 1 aliphatic heterocycles. The summed E-state index contributed by atoms with van der Waals surface area (Å²) in [6.45, 7) is 6.44. The van der Waals surface area contributed by atoms with E-state index in [1.54, 1.807) is 0 Å². The molecule has 1 aromatic heterocycles. The lowest BCUT2D eigenvalue weighted by molar-refractivity contribution is 0.746. The maximum absolute atomic E-state index is 5.40. The molecule has 1 fully saturated rings. The fourth-order valence-corrected chi connectivity index (χ4v) is 3.95. The molecular formula is C12H18N2S2. The Morgan fingerprint density at radius 3 is 2.75 bits per heavy atom. The van der Waals surface area contributed by atoms with Gasteiger partial charge < -0.3 is 4.98 Å². The minimum Gasteiger partial charge on any atom is -0.346 e. The number of aromatic nitrogens is 2. The van der Waals surface area contributed by atoms with Gasteiger partial charge in [-0.3, -0.25) is 0 Å². The molecule has 0 spiro atoms. The van der Waals surface area contributed by atoms with Crippen LogP contribution in [0.4, 0.5) is 0 Å². The lowest BCUT2D eigenvalue weighted by atomic mass is 10.0. The van der Waals surface area contributed by atoms with Crippen LogP contribution in [0.3, 0.4) is 0 Å². The highest BCUT2D eigenvalue weighted by atomic mass is 32.2. The maximum Gasteiger partial charge on any atom is 0.133 e. The van der Waals surface area contributed by atoms with Crippen LogP contribution in [0.2, 0.25) is 0 Å². The fourth-order valence-electron chi connectivity index (χ4n) is 2.24. The highest BCUT2D eigenvalue weighted by Crippen LogP contribution is 2.38. The molecule has 1 aromatic rings. The quantitative estimate of drug-likeness (QED) is 0.804. The lowest BCUT2D eigenvalue weighted by Gasteiger charge is -2.14. The van der Waals surface area contributed by atoms with Crippen molar-refractivity contribution in [2.45, 2.75) is 44.8 Å². The second-order valence-corrected chi connectivity index (χ2v) is 6.32. The van der Waals surface area contributed by atoms with Gasteiger partial charge in [-0.05, 0) is 31.4 Å². The standard InChI is InChI=1S/C12H18N2S2/c1-7(2)10-8(3)13-11(14-12(10)15)9-5-4-6-16-9/h7,9H,4-6H2,1-3H3,(H,13,14,15). The van der Waals surface area contributed by atoms with Gasteiger partial charge >= 0.3 is 0 Å². The van der Waals surface area contributed by atoms with E-state index in [0.717, 1.165) is 10.5 Å². The van der Waals surface area contributed by atoms with Crippen molar-refractivity contribution in [3.8, 4) is 0 Å². The van der Waals surface area contributed by atoms with Crippen molar-refractivity contribution >= 4 is 24.0 Å². The Labute approximate surface area is 106 Å². The molecule has 0 amide bonds. The molecule has 0 aliphatic carbocycles. The molecule has 1 unspecified atom stereocenters. The Balaban J connectivity index is 2.40. The Morgan fingerprint density at radius 1 is 1.50 bits per heavy atom. The van der Waals surface area contributed by atoms with Gasteiger partial charge in [-0.2, -0.15) is 11.8 Å². The molecule has 1 aliphatic rings. The van der Waals surface area contributed by atoms with E-state index in [-0.39, 0.29) is 0 Å². The Hall–Kier alpha value is -0.350. The summed E-state index contributed by atoms with van der Waals surface area (Å²) in [5, 5.41) is 0.529. The molecule has 0 saturated carbocycles. The van der Waals surface area contributed by atoms with Gasteiger partial charge in [0.1, 0.15) is 10.5 Å². The number of aromatic amines is 1. The Bertz CT molecular complexity index is 431. The minimum atomic E-state index is 0.446. The molecule has 4 heteroatoms. The summed E-state index contributed by atoms with van der Waals surface area (Å²) in [7, 11) is 0. The molecule has 1 atom stereocenters. The molecule has 2 nitrogen and oxygen atoms in total. The number of rotatable bonds is 2. The van der Waals surface area contributed by atoms with Gasteiger partial charge in [0.2, 0.25) is 0 Å². The normalized spacial score (nSPS) is 20.6. The number of H-pyrrole nitrogens is 1. The third-order valence-electron chi connectivity index (χ3n) is 2.98. The predicted octanol–water partition coefficient (Wildman–Crippen LogP) is 4.14. The molecule has 1 saturated heterocycles. The summed E-state index contributed by atoms with van der Waals surface area (Å²) in [4.78, 5) is 8.02. The van der Waals surface area contributed by atoms with E-state index in [9.17, 15) is 0 Å². The summed E-state index contributed by atoms with van der Waals surface area (Å²) in [5.41, 5.74) is 2.39. The van der Waals surface area contributed by atoms with Crippen molar-refractivity contribution in [1.29, 1.82) is 0 Å². The number of hydrogen-bond acceptors (Lipinski definition) is 3. The summed E-state index contributed by atoms with van der Waals surface area (Å²) < 4.78 is 0.786. The third-order valence-corrected chi connectivity index (χ3v) is 4.68. The Kier molecular flexibility index (Phi) is 3.70. The minimum absolute atomic E-state index is 0.446. The van der Waals surface area contributed by atoms with Crippen molar-refractivity contribution in [3.63, 3.8) is 0 Å². The van der Waals surface area contributed by atoms with E-state index in [1.807, 2.05) is 11.8 Å². The number of nitrogens with one attached hydrogen (secondary N) is 1. The van der Waals surface area contributed by atoms with Crippen LogP contribution >= 0.6 is 24.0 Å². The first-order valence-corrected chi connectivity index (χ1v) is 7.27. The van der Waals surface area contributed by atoms with E-state index in [0.29, 0.717) is 11.2 Å². The molecule has 0 bridgehead atoms. The maximum atomic E-state index is 5.40. The first-order chi connectivity index (χ1) is 7.59. The van der Waals surface area contributed by atoms with Crippen LogP contribution in [0.25, 0.3) is 0 Å². The zero-order valence-electron chi connectivity index (χ0n) is 10.0. The summed E-state index contributed by atoms with van der Waals surface area (Å²) in [6, 6.07) is 0. The van der Waals surface area contributed by atoms with Crippen molar-refractivity contribution in [2.75, 3.05) is 5.75 Å². The fraction of sp³-hybridized carbons (Fsp3) is 0.667. The van der Waals surface area contributed by atoms with E-state index < -0.39 is 0 Å². The van der Waals surface area contributed by atoms with Crippen LogP contribution in [0.1, 0.15) is 54.9 Å². The van der Waals surface area contributed by atoms with Gasteiger partial charge in [0.05, 0.1) is 5.25 Å². The van der Waals surface area contributed by atoms with Gasteiger partial charge in [0, 0.05) is 11.3 Å². The van der Waals surface area contributed by atoms with Crippen LogP contribution in [-0.4, -0.2) is 15.7 Å². The van der Waals surface area contributed by atoms with Crippen LogP contribution in [-0.2, 0) is 0 Å². The smallest absolute Gasteiger partial charge is 0.133 e. The van der Waals surface area contributed by atoms with Crippen molar-refractivity contribution in [2.24, 2.45) is 0 Å². The van der Waals surface area contributed by atoms with Crippen LogP contribution in [0, 0.1) is 11.6 Å². The van der Waals surface area contributed by atoms with Gasteiger partial charge in [-0.15, -0.1) is 0 Å². The number of aryl methyl sites for hydroxylation is 1. The zero-order valence-corrected chi connectivity index (χ0v) is 11.7. The lowest BCUT2D eigenvalue weighted by Crippen LogP contribution is -2.05. The molecule has 2 rings (SSSR count). The molecule has 16 heavy (non-hydrogen) atoms. The number of nitrogens with zero attached hydrogens (tertiary/aromatic N) is 1. The van der Waals surface area contributed by atoms with Gasteiger partial charge in [0.25, 0.3) is 0 Å². The molecule has 88 valence electrons. The third kappa shape index (κ3) is 2.33. The van der Waals surface area contributed by atoms with Gasteiger partial charge in [-0.25, -0.2) is 4.98 Å². The van der Waals surface area contributed by atoms with Crippen LogP contribution in [0.5, 0.6) is 0 Å². The molecule has 0 radical (unpaired) electrons. The highest BCUT2D eigenvalue weighted by Gasteiger charge is 2.21. The first kappa shape index (κ1) is 12.1. The predicted molar refractivity (Wildman–Crippen MR) is 72.7 cm³/mol. The average molecular weight is 254 g/mol. The largest absolute Gasteiger partial charge is 0.346 e. The monoisotopic (exact) mass is 254 g/mol. The molecule has 1 N–H and O–H groups in total. The second kappa shape index (κ2) is 4.88. The van der Waals surface area contributed by atoms with E-state index >= 15 is 0 Å². The summed E-state index contributed by atoms with van der Waals surface area (Å²) >= 11 is 7.39. The molecule has 0 aromatic carbocycles. The SMILES string of the molecule is Cc1[nH]c(C2CCCS2)nc(=S)c1C(C)C. The topological polar surface area (TPSA) is 28.7 Å². The van der Waals surface area contributed by atoms with Crippen molar-refractivity contribution in [1.82, 2.24) is 9.97 Å². The van der Waals surface area contributed by atoms with Crippen LogP contribution in [0.15, 0.2) is 0 Å². The highest BCUT2D eigenvalue weighted by molar-refractivity contribution is 7.99. The number of thioether (sulfide) groups is 1. The van der Waals surface area contributed by atoms with E-state index in [4.69, 9.17) is 12.2 Å². The number of hydrogen-bond donors (Lipinski definition) is 1. The molecular weight excluding hydrogens is 236 g/mol. The van der Waals surface area contributed by atoms with Gasteiger partial charge in [0.15, 0.2) is 0 Å². The van der Waals surface area contributed by atoms with Gasteiger partial charge in [-0.1, -0.05) is 26.1 Å². The summed E-state index contributed by atoms with van der Waals surface area (Å²) in [5.74, 6) is 2.77.